The Balaban J connectivity index is 2.21. The normalized spacial score (nSPS) is 21.1. The zero-order chi connectivity index (χ0) is 12.3. The first-order chi connectivity index (χ1) is 8.18. The highest BCUT2D eigenvalue weighted by molar-refractivity contribution is 5.19. The Morgan fingerprint density at radius 2 is 2.00 bits per heavy atom. The molecule has 0 amide bonds. The van der Waals surface area contributed by atoms with Gasteiger partial charge in [-0.25, -0.2) is 0 Å². The molecule has 1 fully saturated rings. The smallest absolute Gasteiger partial charge is 0.109 e. The van der Waals surface area contributed by atoms with Crippen LogP contribution in [0, 0.1) is 6.92 Å². The Morgan fingerprint density at radius 3 is 2.53 bits per heavy atom. The van der Waals surface area contributed by atoms with E-state index < -0.39 is 11.7 Å². The van der Waals surface area contributed by atoms with Gasteiger partial charge >= 0.3 is 0 Å². The number of aliphatic hydroxyl groups excluding tert-OH is 1. The summed E-state index contributed by atoms with van der Waals surface area (Å²) in [7, 11) is 1.70. The summed E-state index contributed by atoms with van der Waals surface area (Å²) in [5.74, 6) is 0. The lowest BCUT2D eigenvalue weighted by molar-refractivity contribution is -0.125. The Kier molecular flexibility index (Phi) is 3.79. The first-order valence-electron chi connectivity index (χ1n) is 6.34. The summed E-state index contributed by atoms with van der Waals surface area (Å²) in [4.78, 5) is 4.24. The molecule has 0 radical (unpaired) electrons. The fourth-order valence-electron chi connectivity index (χ4n) is 2.68. The molecule has 0 saturated heterocycles. The van der Waals surface area contributed by atoms with Crippen LogP contribution in [-0.2, 0) is 4.74 Å². The third-order valence-electron chi connectivity index (χ3n) is 3.85. The highest BCUT2D eigenvalue weighted by atomic mass is 16.5. The minimum Gasteiger partial charge on any atom is -0.385 e. The predicted molar refractivity (Wildman–Crippen MR) is 66.8 cm³/mol. The van der Waals surface area contributed by atoms with Gasteiger partial charge in [-0.1, -0.05) is 25.3 Å². The molecule has 94 valence electrons. The molecule has 1 unspecified atom stereocenters. The monoisotopic (exact) mass is 235 g/mol. The number of methoxy groups -OCH3 is 1. The second-order valence-corrected chi connectivity index (χ2v) is 4.97. The van der Waals surface area contributed by atoms with Crippen molar-refractivity contribution in [1.29, 1.82) is 0 Å². The van der Waals surface area contributed by atoms with Crippen molar-refractivity contribution in [2.45, 2.75) is 50.7 Å². The van der Waals surface area contributed by atoms with Crippen molar-refractivity contribution in [3.8, 4) is 0 Å². The number of hydrogen-bond donors (Lipinski definition) is 1. The summed E-state index contributed by atoms with van der Waals surface area (Å²) in [6.45, 7) is 1.95. The zero-order valence-corrected chi connectivity index (χ0v) is 10.6. The van der Waals surface area contributed by atoms with Gasteiger partial charge in [-0.05, 0) is 25.8 Å². The largest absolute Gasteiger partial charge is 0.385 e. The molecule has 1 aromatic rings. The van der Waals surface area contributed by atoms with Crippen molar-refractivity contribution in [2.24, 2.45) is 0 Å². The van der Waals surface area contributed by atoms with Gasteiger partial charge in [0.05, 0.1) is 5.60 Å². The maximum atomic E-state index is 10.5. The second-order valence-electron chi connectivity index (χ2n) is 4.97. The number of aromatic nitrogens is 1. The van der Waals surface area contributed by atoms with Gasteiger partial charge in [0, 0.05) is 24.6 Å². The first-order valence-corrected chi connectivity index (χ1v) is 6.34. The number of aliphatic hydroxyl groups is 1. The minimum atomic E-state index is -0.569. The molecule has 0 aromatic carbocycles. The van der Waals surface area contributed by atoms with Gasteiger partial charge in [-0.15, -0.1) is 0 Å². The molecule has 3 nitrogen and oxygen atoms in total. The summed E-state index contributed by atoms with van der Waals surface area (Å²) in [5.41, 5.74) is 1.42. The van der Waals surface area contributed by atoms with E-state index in [9.17, 15) is 5.11 Å². The first kappa shape index (κ1) is 12.5. The van der Waals surface area contributed by atoms with Crippen LogP contribution in [0.1, 0.15) is 49.5 Å². The molecule has 2 rings (SSSR count). The van der Waals surface area contributed by atoms with E-state index in [1.807, 2.05) is 19.1 Å². The SMILES string of the molecule is COC1(C(O)c2ccc(C)nc2)CCCCC1. The van der Waals surface area contributed by atoms with Crippen LogP contribution >= 0.6 is 0 Å². The van der Waals surface area contributed by atoms with E-state index in [1.165, 1.54) is 6.42 Å². The molecular weight excluding hydrogens is 214 g/mol. The van der Waals surface area contributed by atoms with Crippen molar-refractivity contribution >= 4 is 0 Å². The molecule has 1 aliphatic carbocycles. The Bertz CT molecular complexity index is 355. The van der Waals surface area contributed by atoms with Crippen LogP contribution in [0.4, 0.5) is 0 Å². The van der Waals surface area contributed by atoms with E-state index in [4.69, 9.17) is 4.74 Å². The van der Waals surface area contributed by atoms with Crippen molar-refractivity contribution < 1.29 is 9.84 Å². The van der Waals surface area contributed by atoms with Gasteiger partial charge in [0.25, 0.3) is 0 Å². The van der Waals surface area contributed by atoms with Crippen LogP contribution in [0.15, 0.2) is 18.3 Å². The van der Waals surface area contributed by atoms with E-state index in [2.05, 4.69) is 4.98 Å². The lowest BCUT2D eigenvalue weighted by Gasteiger charge is -2.40. The minimum absolute atomic E-state index is 0.408. The van der Waals surface area contributed by atoms with Crippen LogP contribution < -0.4 is 0 Å². The van der Waals surface area contributed by atoms with Crippen molar-refractivity contribution in [3.63, 3.8) is 0 Å². The fourth-order valence-corrected chi connectivity index (χ4v) is 2.68. The van der Waals surface area contributed by atoms with E-state index in [1.54, 1.807) is 13.3 Å². The average Bonchev–Trinajstić information content (AvgIpc) is 2.39. The van der Waals surface area contributed by atoms with Gasteiger partial charge < -0.3 is 9.84 Å². The van der Waals surface area contributed by atoms with Gasteiger partial charge in [-0.2, -0.15) is 0 Å². The fraction of sp³-hybridized carbons (Fsp3) is 0.643. The number of nitrogens with zero attached hydrogens (tertiary/aromatic N) is 1. The molecule has 1 heterocycles. The van der Waals surface area contributed by atoms with Crippen LogP contribution in [0.2, 0.25) is 0 Å². The molecule has 0 aliphatic heterocycles. The third kappa shape index (κ3) is 2.50. The van der Waals surface area contributed by atoms with Crippen LogP contribution in [0.5, 0.6) is 0 Å². The number of aryl methyl sites for hydroxylation is 1. The maximum Gasteiger partial charge on any atom is 0.109 e. The lowest BCUT2D eigenvalue weighted by Crippen LogP contribution is -2.40. The number of hydrogen-bond acceptors (Lipinski definition) is 3. The lowest BCUT2D eigenvalue weighted by atomic mass is 9.78. The second kappa shape index (κ2) is 5.15. The molecule has 3 heteroatoms. The maximum absolute atomic E-state index is 10.5. The summed E-state index contributed by atoms with van der Waals surface area (Å²) in [6, 6.07) is 3.88. The van der Waals surface area contributed by atoms with Crippen molar-refractivity contribution in [2.75, 3.05) is 7.11 Å². The predicted octanol–water partition coefficient (Wildman–Crippen LogP) is 2.77. The highest BCUT2D eigenvalue weighted by Crippen LogP contribution is 2.40. The average molecular weight is 235 g/mol. The van der Waals surface area contributed by atoms with Gasteiger partial charge in [0.15, 0.2) is 0 Å². The zero-order valence-electron chi connectivity index (χ0n) is 10.6. The molecule has 1 saturated carbocycles. The Labute approximate surface area is 103 Å². The number of ether oxygens (including phenoxy) is 1. The summed E-state index contributed by atoms with van der Waals surface area (Å²) < 4.78 is 5.65. The van der Waals surface area contributed by atoms with E-state index >= 15 is 0 Å². The van der Waals surface area contributed by atoms with Crippen LogP contribution in [0.3, 0.4) is 0 Å². The molecule has 1 atom stereocenters. The van der Waals surface area contributed by atoms with Crippen molar-refractivity contribution in [3.05, 3.63) is 29.6 Å². The number of pyridine rings is 1. The van der Waals surface area contributed by atoms with Gasteiger partial charge in [0.2, 0.25) is 0 Å². The Morgan fingerprint density at radius 1 is 1.29 bits per heavy atom. The molecule has 1 aromatic heterocycles. The van der Waals surface area contributed by atoms with E-state index in [0.29, 0.717) is 0 Å². The summed E-state index contributed by atoms with van der Waals surface area (Å²) >= 11 is 0. The summed E-state index contributed by atoms with van der Waals surface area (Å²) in [6.07, 6.45) is 6.55. The molecule has 17 heavy (non-hydrogen) atoms. The highest BCUT2D eigenvalue weighted by Gasteiger charge is 2.40. The number of rotatable bonds is 3. The third-order valence-corrected chi connectivity index (χ3v) is 3.85. The molecule has 0 bridgehead atoms. The summed E-state index contributed by atoms with van der Waals surface area (Å²) in [5, 5.41) is 10.5. The van der Waals surface area contributed by atoms with Gasteiger partial charge in [-0.3, -0.25) is 4.98 Å². The van der Waals surface area contributed by atoms with Crippen LogP contribution in [-0.4, -0.2) is 22.8 Å². The topological polar surface area (TPSA) is 42.4 Å². The van der Waals surface area contributed by atoms with E-state index in [-0.39, 0.29) is 0 Å². The quantitative estimate of drug-likeness (QED) is 0.876. The molecule has 0 spiro atoms. The standard InChI is InChI=1S/C14H21NO2/c1-11-6-7-12(10-15-11)13(16)14(17-2)8-4-3-5-9-14/h6-7,10,13,16H,3-5,8-9H2,1-2H3. The van der Waals surface area contributed by atoms with E-state index in [0.717, 1.165) is 36.9 Å². The van der Waals surface area contributed by atoms with Gasteiger partial charge in [0.1, 0.15) is 6.10 Å². The van der Waals surface area contributed by atoms with Crippen molar-refractivity contribution in [1.82, 2.24) is 4.98 Å². The Hall–Kier alpha value is -0.930. The molecule has 1 N–H and O–H groups in total. The van der Waals surface area contributed by atoms with Crippen LogP contribution in [0.25, 0.3) is 0 Å². The molecule has 1 aliphatic rings. The molecular formula is C14H21NO2.